The fourth-order valence-electron chi connectivity index (χ4n) is 2.14. The van der Waals surface area contributed by atoms with E-state index in [2.05, 4.69) is 22.1 Å². The van der Waals surface area contributed by atoms with Gasteiger partial charge in [-0.25, -0.2) is 4.79 Å². The van der Waals surface area contributed by atoms with Gasteiger partial charge < -0.3 is 14.5 Å². The summed E-state index contributed by atoms with van der Waals surface area (Å²) in [5, 5.41) is 21.5. The molecule has 1 N–H and O–H groups in total. The molecule has 0 saturated heterocycles. The van der Waals surface area contributed by atoms with Gasteiger partial charge in [0.2, 0.25) is 5.89 Å². The minimum atomic E-state index is -0.661. The Bertz CT molecular complexity index is 809. The first-order valence-electron chi connectivity index (χ1n) is 7.89. The predicted octanol–water partition coefficient (Wildman–Crippen LogP) is 3.79. The van der Waals surface area contributed by atoms with Crippen LogP contribution in [0.2, 0.25) is 0 Å². The van der Waals surface area contributed by atoms with Crippen molar-refractivity contribution in [2.45, 2.75) is 38.8 Å². The summed E-state index contributed by atoms with van der Waals surface area (Å²) >= 11 is 0. The highest BCUT2D eigenvalue weighted by atomic mass is 16.6. The predicted molar refractivity (Wildman–Crippen MR) is 93.3 cm³/mol. The normalized spacial score (nSPS) is 12.3. The molecule has 26 heavy (non-hydrogen) atoms. The number of nitrogens with one attached hydrogen (secondary N) is 1. The van der Waals surface area contributed by atoms with Crippen molar-refractivity contribution in [1.82, 2.24) is 15.5 Å². The second kappa shape index (κ2) is 7.77. The Balaban J connectivity index is 2.26. The Labute approximate surface area is 150 Å². The number of amides is 1. The zero-order valence-corrected chi connectivity index (χ0v) is 14.8. The first-order chi connectivity index (χ1) is 12.2. The number of nitro groups is 1. The maximum atomic E-state index is 12.0. The van der Waals surface area contributed by atoms with Crippen LogP contribution in [0.15, 0.2) is 41.3 Å². The molecule has 9 nitrogen and oxygen atoms in total. The summed E-state index contributed by atoms with van der Waals surface area (Å²) in [5.74, 6) is 0.0938. The lowest BCUT2D eigenvalue weighted by molar-refractivity contribution is -0.384. The highest BCUT2D eigenvalue weighted by molar-refractivity contribution is 5.68. The molecule has 2 rings (SSSR count). The molecule has 1 atom stereocenters. The van der Waals surface area contributed by atoms with E-state index < -0.39 is 22.7 Å². The van der Waals surface area contributed by atoms with Gasteiger partial charge in [-0.2, -0.15) is 0 Å². The SMILES string of the molecule is C=CCC(NC(=O)OC(C)(C)C)c1nnc(-c2ccccc2[N+](=O)[O-])o1. The number of alkyl carbamates (subject to hydrolysis) is 1. The van der Waals surface area contributed by atoms with E-state index in [-0.39, 0.29) is 23.0 Å². The van der Waals surface area contributed by atoms with Gasteiger partial charge in [0.15, 0.2) is 0 Å². The molecule has 138 valence electrons. The maximum Gasteiger partial charge on any atom is 0.408 e. The number of carbonyl (C=O) groups excluding carboxylic acids is 1. The van der Waals surface area contributed by atoms with Crippen LogP contribution >= 0.6 is 0 Å². The van der Waals surface area contributed by atoms with Crippen LogP contribution in [0.25, 0.3) is 11.5 Å². The van der Waals surface area contributed by atoms with Crippen LogP contribution < -0.4 is 5.32 Å². The lowest BCUT2D eigenvalue weighted by atomic mass is 10.2. The number of aromatic nitrogens is 2. The molecule has 1 aromatic heterocycles. The second-order valence-electron chi connectivity index (χ2n) is 6.44. The zero-order valence-electron chi connectivity index (χ0n) is 14.8. The van der Waals surface area contributed by atoms with Crippen LogP contribution in [0.4, 0.5) is 10.5 Å². The molecule has 0 aliphatic carbocycles. The fraction of sp³-hybridized carbons (Fsp3) is 0.353. The number of hydrogen-bond acceptors (Lipinski definition) is 7. The Morgan fingerprint density at radius 2 is 2.12 bits per heavy atom. The van der Waals surface area contributed by atoms with Gasteiger partial charge in [0.1, 0.15) is 17.2 Å². The Morgan fingerprint density at radius 1 is 1.42 bits per heavy atom. The molecule has 1 aromatic carbocycles. The highest BCUT2D eigenvalue weighted by Crippen LogP contribution is 2.30. The van der Waals surface area contributed by atoms with Crippen LogP contribution in [0, 0.1) is 10.1 Å². The topological polar surface area (TPSA) is 120 Å². The summed E-state index contributed by atoms with van der Waals surface area (Å²) in [4.78, 5) is 22.6. The summed E-state index contributed by atoms with van der Waals surface area (Å²) in [6, 6.07) is 5.38. The summed E-state index contributed by atoms with van der Waals surface area (Å²) < 4.78 is 10.8. The molecule has 0 spiro atoms. The monoisotopic (exact) mass is 360 g/mol. The van der Waals surface area contributed by atoms with E-state index in [0.717, 1.165) is 0 Å². The molecule has 2 aromatic rings. The van der Waals surface area contributed by atoms with Gasteiger partial charge in [-0.15, -0.1) is 16.8 Å². The molecule has 0 radical (unpaired) electrons. The van der Waals surface area contributed by atoms with Gasteiger partial charge in [-0.1, -0.05) is 18.2 Å². The van der Waals surface area contributed by atoms with E-state index >= 15 is 0 Å². The summed E-state index contributed by atoms with van der Waals surface area (Å²) in [6.07, 6.45) is 1.25. The number of nitrogens with zero attached hydrogens (tertiary/aromatic N) is 3. The van der Waals surface area contributed by atoms with Crippen LogP contribution in [0.3, 0.4) is 0 Å². The average molecular weight is 360 g/mol. The van der Waals surface area contributed by atoms with E-state index in [1.54, 1.807) is 39.0 Å². The number of ether oxygens (including phenoxy) is 1. The van der Waals surface area contributed by atoms with E-state index in [4.69, 9.17) is 9.15 Å². The molecule has 9 heteroatoms. The van der Waals surface area contributed by atoms with Gasteiger partial charge in [-0.05, 0) is 33.3 Å². The Kier molecular flexibility index (Phi) is 5.71. The molecule has 0 fully saturated rings. The summed E-state index contributed by atoms with van der Waals surface area (Å²) in [5.41, 5.74) is -0.609. The van der Waals surface area contributed by atoms with Crippen molar-refractivity contribution in [3.8, 4) is 11.5 Å². The minimum Gasteiger partial charge on any atom is -0.444 e. The lowest BCUT2D eigenvalue weighted by Gasteiger charge is -2.21. The van der Waals surface area contributed by atoms with Crippen molar-refractivity contribution in [2.75, 3.05) is 0 Å². The van der Waals surface area contributed by atoms with Crippen LogP contribution in [-0.4, -0.2) is 26.8 Å². The van der Waals surface area contributed by atoms with Gasteiger partial charge in [0.25, 0.3) is 11.6 Å². The van der Waals surface area contributed by atoms with Gasteiger partial charge in [0, 0.05) is 6.07 Å². The van der Waals surface area contributed by atoms with Gasteiger partial charge in [0.05, 0.1) is 4.92 Å². The van der Waals surface area contributed by atoms with Crippen molar-refractivity contribution < 1.29 is 18.9 Å². The van der Waals surface area contributed by atoms with E-state index in [1.807, 2.05) is 0 Å². The molecule has 1 unspecified atom stereocenters. The first kappa shape index (κ1) is 19.1. The van der Waals surface area contributed by atoms with E-state index in [0.29, 0.717) is 6.42 Å². The Hall–Kier alpha value is -3.23. The number of benzene rings is 1. The number of hydrogen-bond donors (Lipinski definition) is 1. The average Bonchev–Trinajstić information content (AvgIpc) is 3.02. The van der Waals surface area contributed by atoms with Crippen molar-refractivity contribution in [1.29, 1.82) is 0 Å². The van der Waals surface area contributed by atoms with Gasteiger partial charge in [-0.3, -0.25) is 10.1 Å². The summed E-state index contributed by atoms with van der Waals surface area (Å²) in [6.45, 7) is 8.87. The zero-order chi connectivity index (χ0) is 19.3. The molecular formula is C17H20N4O5. The van der Waals surface area contributed by atoms with Crippen molar-refractivity contribution in [2.24, 2.45) is 0 Å². The largest absolute Gasteiger partial charge is 0.444 e. The molecule has 0 bridgehead atoms. The fourth-order valence-corrected chi connectivity index (χ4v) is 2.14. The second-order valence-corrected chi connectivity index (χ2v) is 6.44. The van der Waals surface area contributed by atoms with Crippen molar-refractivity contribution in [3.05, 3.63) is 52.9 Å². The maximum absolute atomic E-state index is 12.0. The number of carbonyl (C=O) groups is 1. The van der Waals surface area contributed by atoms with Gasteiger partial charge >= 0.3 is 6.09 Å². The minimum absolute atomic E-state index is 0.00708. The van der Waals surface area contributed by atoms with E-state index in [9.17, 15) is 14.9 Å². The number of para-hydroxylation sites is 1. The molecule has 0 aliphatic rings. The molecule has 1 amide bonds. The molecule has 0 aliphatic heterocycles. The number of rotatable bonds is 6. The van der Waals surface area contributed by atoms with Crippen LogP contribution in [0.1, 0.15) is 39.1 Å². The Morgan fingerprint density at radius 3 is 2.73 bits per heavy atom. The quantitative estimate of drug-likeness (QED) is 0.472. The third-order valence-electron chi connectivity index (χ3n) is 3.16. The number of nitro benzene ring substituents is 1. The first-order valence-corrected chi connectivity index (χ1v) is 7.89. The smallest absolute Gasteiger partial charge is 0.408 e. The third-order valence-corrected chi connectivity index (χ3v) is 3.16. The molecule has 1 heterocycles. The lowest BCUT2D eigenvalue weighted by Crippen LogP contribution is -2.35. The molecule has 0 saturated carbocycles. The molecular weight excluding hydrogens is 340 g/mol. The van der Waals surface area contributed by atoms with Crippen molar-refractivity contribution >= 4 is 11.8 Å². The summed E-state index contributed by atoms with van der Waals surface area (Å²) in [7, 11) is 0. The van der Waals surface area contributed by atoms with Crippen molar-refractivity contribution in [3.63, 3.8) is 0 Å². The van der Waals surface area contributed by atoms with Crippen LogP contribution in [-0.2, 0) is 4.74 Å². The van der Waals surface area contributed by atoms with E-state index in [1.165, 1.54) is 12.1 Å². The van der Waals surface area contributed by atoms with Crippen LogP contribution in [0.5, 0.6) is 0 Å². The standard InChI is InChI=1S/C17H20N4O5/c1-5-8-12(18-16(22)26-17(2,3)4)15-20-19-14(25-15)11-9-6-7-10-13(11)21(23)24/h5-7,9-10,12H,1,8H2,2-4H3,(H,18,22). The third kappa shape index (κ3) is 4.88. The highest BCUT2D eigenvalue weighted by Gasteiger charge is 2.25.